The van der Waals surface area contributed by atoms with E-state index in [1.807, 2.05) is 37.3 Å². The highest BCUT2D eigenvalue weighted by Gasteiger charge is 2.07. The van der Waals surface area contributed by atoms with E-state index < -0.39 is 0 Å². The molecule has 2 heterocycles. The van der Waals surface area contributed by atoms with Crippen LogP contribution in [0.2, 0.25) is 0 Å². The number of hydrogen-bond acceptors (Lipinski definition) is 7. The third kappa shape index (κ3) is 2.81. The van der Waals surface area contributed by atoms with Crippen LogP contribution in [-0.2, 0) is 0 Å². The molecule has 21 heavy (non-hydrogen) atoms. The van der Waals surface area contributed by atoms with Crippen LogP contribution in [0.25, 0.3) is 10.9 Å². The van der Waals surface area contributed by atoms with Gasteiger partial charge in [-0.05, 0) is 19.1 Å². The molecule has 106 valence electrons. The van der Waals surface area contributed by atoms with Gasteiger partial charge in [0.1, 0.15) is 0 Å². The quantitative estimate of drug-likeness (QED) is 0.756. The van der Waals surface area contributed by atoms with E-state index in [-0.39, 0.29) is 12.0 Å². The molecule has 0 aliphatic carbocycles. The summed E-state index contributed by atoms with van der Waals surface area (Å²) in [6.07, 6.45) is 1.74. The number of rotatable bonds is 4. The third-order valence-corrected chi connectivity index (χ3v) is 2.78. The molecule has 0 aliphatic rings. The molecule has 7 heteroatoms. The SMILES string of the molecule is CCOc1nc(N)nc(Nc2cccc3cccnc23)n1. The Kier molecular flexibility index (Phi) is 3.46. The van der Waals surface area contributed by atoms with Crippen LogP contribution in [0.4, 0.5) is 17.6 Å². The van der Waals surface area contributed by atoms with Gasteiger partial charge in [-0.2, -0.15) is 15.0 Å². The zero-order valence-corrected chi connectivity index (χ0v) is 11.4. The molecule has 0 saturated carbocycles. The molecular formula is C14H14N6O. The van der Waals surface area contributed by atoms with E-state index in [0.717, 1.165) is 16.6 Å². The van der Waals surface area contributed by atoms with Crippen LogP contribution in [0.15, 0.2) is 36.5 Å². The monoisotopic (exact) mass is 282 g/mol. The number of fused-ring (bicyclic) bond motifs is 1. The first-order valence-corrected chi connectivity index (χ1v) is 6.51. The van der Waals surface area contributed by atoms with Crippen LogP contribution in [0.5, 0.6) is 6.01 Å². The predicted octanol–water partition coefficient (Wildman–Crippen LogP) is 2.14. The molecule has 0 amide bonds. The minimum absolute atomic E-state index is 0.101. The second-order valence-corrected chi connectivity index (χ2v) is 4.24. The average molecular weight is 282 g/mol. The number of benzene rings is 1. The lowest BCUT2D eigenvalue weighted by molar-refractivity contribution is 0.312. The van der Waals surface area contributed by atoms with Crippen LogP contribution in [0.3, 0.4) is 0 Å². The third-order valence-electron chi connectivity index (χ3n) is 2.78. The number of nitrogens with zero attached hydrogens (tertiary/aromatic N) is 4. The standard InChI is InChI=1S/C14H14N6O/c1-2-21-14-19-12(15)18-13(20-14)17-10-7-3-5-9-6-4-8-16-11(9)10/h3-8H,2H2,1H3,(H3,15,17,18,19,20). The summed E-state index contributed by atoms with van der Waals surface area (Å²) in [5.41, 5.74) is 7.28. The lowest BCUT2D eigenvalue weighted by Crippen LogP contribution is -2.07. The largest absolute Gasteiger partial charge is 0.464 e. The highest BCUT2D eigenvalue weighted by atomic mass is 16.5. The van der Waals surface area contributed by atoms with Crippen molar-refractivity contribution < 1.29 is 4.74 Å². The Balaban J connectivity index is 1.98. The summed E-state index contributed by atoms with van der Waals surface area (Å²) in [4.78, 5) is 16.5. The van der Waals surface area contributed by atoms with Gasteiger partial charge < -0.3 is 15.8 Å². The van der Waals surface area contributed by atoms with E-state index in [9.17, 15) is 0 Å². The molecule has 0 unspecified atom stereocenters. The Morgan fingerprint density at radius 1 is 1.14 bits per heavy atom. The summed E-state index contributed by atoms with van der Waals surface area (Å²) in [6.45, 7) is 2.31. The zero-order chi connectivity index (χ0) is 14.7. The van der Waals surface area contributed by atoms with Crippen molar-refractivity contribution in [2.24, 2.45) is 0 Å². The van der Waals surface area contributed by atoms with Gasteiger partial charge in [-0.15, -0.1) is 0 Å². The Morgan fingerprint density at radius 3 is 2.86 bits per heavy atom. The van der Waals surface area contributed by atoms with Crippen molar-refractivity contribution >= 4 is 28.5 Å². The maximum atomic E-state index is 5.66. The van der Waals surface area contributed by atoms with Crippen molar-refractivity contribution in [3.63, 3.8) is 0 Å². The Bertz CT molecular complexity index is 771. The summed E-state index contributed by atoms with van der Waals surface area (Å²) in [6, 6.07) is 9.89. The second kappa shape index (κ2) is 5.58. The molecule has 0 atom stereocenters. The van der Waals surface area contributed by atoms with Gasteiger partial charge in [-0.1, -0.05) is 18.2 Å². The Labute approximate surface area is 121 Å². The second-order valence-electron chi connectivity index (χ2n) is 4.24. The van der Waals surface area contributed by atoms with Crippen LogP contribution < -0.4 is 15.8 Å². The molecule has 0 spiro atoms. The number of pyridine rings is 1. The topological polar surface area (TPSA) is 98.8 Å². The number of anilines is 3. The van der Waals surface area contributed by atoms with Crippen molar-refractivity contribution in [3.05, 3.63) is 36.5 Å². The first-order chi connectivity index (χ1) is 10.3. The van der Waals surface area contributed by atoms with E-state index in [1.54, 1.807) is 6.20 Å². The van der Waals surface area contributed by atoms with Gasteiger partial charge in [-0.3, -0.25) is 4.98 Å². The van der Waals surface area contributed by atoms with E-state index in [2.05, 4.69) is 25.3 Å². The molecule has 0 aliphatic heterocycles. The predicted molar refractivity (Wildman–Crippen MR) is 80.4 cm³/mol. The molecule has 3 rings (SSSR count). The zero-order valence-electron chi connectivity index (χ0n) is 11.4. The van der Waals surface area contributed by atoms with E-state index in [0.29, 0.717) is 12.6 Å². The molecule has 0 radical (unpaired) electrons. The van der Waals surface area contributed by atoms with Crippen LogP contribution >= 0.6 is 0 Å². The smallest absolute Gasteiger partial charge is 0.323 e. The number of aromatic nitrogens is 4. The van der Waals surface area contributed by atoms with Crippen LogP contribution in [-0.4, -0.2) is 26.5 Å². The molecule has 1 aromatic carbocycles. The van der Waals surface area contributed by atoms with Crippen molar-refractivity contribution in [1.82, 2.24) is 19.9 Å². The number of para-hydroxylation sites is 1. The maximum Gasteiger partial charge on any atom is 0.323 e. The van der Waals surface area contributed by atoms with Gasteiger partial charge in [0.05, 0.1) is 17.8 Å². The molecule has 0 fully saturated rings. The molecule has 7 nitrogen and oxygen atoms in total. The number of nitrogen functional groups attached to an aromatic ring is 1. The summed E-state index contributed by atoms with van der Waals surface area (Å²) in [5, 5.41) is 4.12. The number of ether oxygens (including phenoxy) is 1. The first-order valence-electron chi connectivity index (χ1n) is 6.51. The molecule has 3 N–H and O–H groups in total. The van der Waals surface area contributed by atoms with Crippen molar-refractivity contribution in [2.45, 2.75) is 6.92 Å². The van der Waals surface area contributed by atoms with Gasteiger partial charge in [-0.25, -0.2) is 0 Å². The summed E-state index contributed by atoms with van der Waals surface area (Å²) in [7, 11) is 0. The molecule has 2 aromatic heterocycles. The van der Waals surface area contributed by atoms with Crippen molar-refractivity contribution in [1.29, 1.82) is 0 Å². The van der Waals surface area contributed by atoms with Gasteiger partial charge in [0.15, 0.2) is 0 Å². The van der Waals surface area contributed by atoms with Gasteiger partial charge in [0, 0.05) is 11.6 Å². The first kappa shape index (κ1) is 13.0. The fourth-order valence-electron chi connectivity index (χ4n) is 1.95. The Morgan fingerprint density at radius 2 is 2.00 bits per heavy atom. The summed E-state index contributed by atoms with van der Waals surface area (Å²) in [5.74, 6) is 0.424. The Hall–Kier alpha value is -2.96. The molecule has 3 aromatic rings. The van der Waals surface area contributed by atoms with E-state index >= 15 is 0 Å². The van der Waals surface area contributed by atoms with Gasteiger partial charge in [0.2, 0.25) is 11.9 Å². The molecule has 0 saturated heterocycles. The van der Waals surface area contributed by atoms with Crippen LogP contribution in [0.1, 0.15) is 6.92 Å². The van der Waals surface area contributed by atoms with Gasteiger partial charge in [0.25, 0.3) is 0 Å². The minimum Gasteiger partial charge on any atom is -0.464 e. The number of nitrogens with one attached hydrogen (secondary N) is 1. The normalized spacial score (nSPS) is 10.5. The fraction of sp³-hybridized carbons (Fsp3) is 0.143. The van der Waals surface area contributed by atoms with Crippen molar-refractivity contribution in [2.75, 3.05) is 17.7 Å². The number of nitrogens with two attached hydrogens (primary N) is 1. The summed E-state index contributed by atoms with van der Waals surface area (Å²) < 4.78 is 5.25. The fourth-order valence-corrected chi connectivity index (χ4v) is 1.95. The van der Waals surface area contributed by atoms with Crippen molar-refractivity contribution in [3.8, 4) is 6.01 Å². The highest BCUT2D eigenvalue weighted by molar-refractivity contribution is 5.91. The highest BCUT2D eigenvalue weighted by Crippen LogP contribution is 2.23. The maximum absolute atomic E-state index is 5.66. The minimum atomic E-state index is 0.101. The number of hydrogen-bond donors (Lipinski definition) is 2. The molecule has 0 bridgehead atoms. The lowest BCUT2D eigenvalue weighted by atomic mass is 10.2. The van der Waals surface area contributed by atoms with E-state index in [1.165, 1.54) is 0 Å². The lowest BCUT2D eigenvalue weighted by Gasteiger charge is -2.09. The van der Waals surface area contributed by atoms with Gasteiger partial charge >= 0.3 is 6.01 Å². The van der Waals surface area contributed by atoms with E-state index in [4.69, 9.17) is 10.5 Å². The van der Waals surface area contributed by atoms with Crippen LogP contribution in [0, 0.1) is 0 Å². The average Bonchev–Trinajstić information content (AvgIpc) is 2.47. The summed E-state index contributed by atoms with van der Waals surface area (Å²) >= 11 is 0. The molecular weight excluding hydrogens is 268 g/mol.